The van der Waals surface area contributed by atoms with E-state index >= 15 is 0 Å². The fraction of sp³-hybridized carbons (Fsp3) is 0.231. The SMILES string of the molecule is CN(NC(=O)Nc1cccc2c1C(=O)C1=C(c3ccc(N4CCNCC4)cc3)N=NC12)c1ncccn1. The monoisotopic (exact) mass is 495 g/mol. The lowest BCUT2D eigenvalue weighted by molar-refractivity contribution is 0.103. The van der Waals surface area contributed by atoms with E-state index < -0.39 is 12.1 Å². The summed E-state index contributed by atoms with van der Waals surface area (Å²) in [5, 5.41) is 16.4. The van der Waals surface area contributed by atoms with E-state index in [4.69, 9.17) is 0 Å². The first-order chi connectivity index (χ1) is 18.1. The van der Waals surface area contributed by atoms with Crippen molar-refractivity contribution in [2.45, 2.75) is 6.04 Å². The highest BCUT2D eigenvalue weighted by atomic mass is 16.2. The molecule has 3 aliphatic rings. The summed E-state index contributed by atoms with van der Waals surface area (Å²) in [6.07, 6.45) is 3.16. The van der Waals surface area contributed by atoms with Gasteiger partial charge < -0.3 is 15.5 Å². The summed E-state index contributed by atoms with van der Waals surface area (Å²) in [7, 11) is 1.63. The van der Waals surface area contributed by atoms with Gasteiger partial charge in [-0.05, 0) is 29.8 Å². The van der Waals surface area contributed by atoms with Crippen LogP contribution in [0.2, 0.25) is 0 Å². The van der Waals surface area contributed by atoms with Crippen molar-refractivity contribution >= 4 is 34.8 Å². The van der Waals surface area contributed by atoms with Crippen LogP contribution in [0.4, 0.5) is 22.1 Å². The van der Waals surface area contributed by atoms with Crippen molar-refractivity contribution in [1.29, 1.82) is 0 Å². The summed E-state index contributed by atoms with van der Waals surface area (Å²) < 4.78 is 0. The summed E-state index contributed by atoms with van der Waals surface area (Å²) in [5.74, 6) is 0.154. The van der Waals surface area contributed by atoms with Crippen molar-refractivity contribution in [3.8, 4) is 0 Å². The van der Waals surface area contributed by atoms with Gasteiger partial charge in [-0.3, -0.25) is 9.80 Å². The molecule has 1 fully saturated rings. The van der Waals surface area contributed by atoms with Gasteiger partial charge in [0, 0.05) is 56.9 Å². The van der Waals surface area contributed by atoms with Crippen LogP contribution in [-0.2, 0) is 0 Å². The molecule has 3 N–H and O–H groups in total. The number of anilines is 3. The number of aromatic nitrogens is 2. The number of hydrogen-bond acceptors (Lipinski definition) is 9. The second-order valence-corrected chi connectivity index (χ2v) is 8.94. The molecule has 2 aliphatic heterocycles. The van der Waals surface area contributed by atoms with Gasteiger partial charge in [-0.1, -0.05) is 24.3 Å². The van der Waals surface area contributed by atoms with E-state index in [0.717, 1.165) is 43.0 Å². The van der Waals surface area contributed by atoms with Crippen LogP contribution in [0, 0.1) is 0 Å². The highest BCUT2D eigenvalue weighted by molar-refractivity contribution is 6.22. The summed E-state index contributed by atoms with van der Waals surface area (Å²) in [4.78, 5) is 36.9. The molecule has 0 saturated carbocycles. The molecule has 1 saturated heterocycles. The molecule has 2 amide bonds. The lowest BCUT2D eigenvalue weighted by Gasteiger charge is -2.29. The summed E-state index contributed by atoms with van der Waals surface area (Å²) >= 11 is 0. The zero-order chi connectivity index (χ0) is 25.4. The number of hydrogen-bond donors (Lipinski definition) is 3. The van der Waals surface area contributed by atoms with E-state index in [1.807, 2.05) is 18.2 Å². The lowest BCUT2D eigenvalue weighted by atomic mass is 10.0. The van der Waals surface area contributed by atoms with E-state index in [1.165, 1.54) is 5.01 Å². The number of piperazine rings is 1. The van der Waals surface area contributed by atoms with Crippen LogP contribution in [0.3, 0.4) is 0 Å². The predicted molar refractivity (Wildman–Crippen MR) is 139 cm³/mol. The number of urea groups is 1. The first kappa shape index (κ1) is 22.8. The Kier molecular flexibility index (Phi) is 5.81. The number of Topliss-reactive ketones (excluding diaryl/α,β-unsaturated/α-hetero) is 1. The predicted octanol–water partition coefficient (Wildman–Crippen LogP) is 3.17. The van der Waals surface area contributed by atoms with E-state index in [2.05, 4.69) is 53.3 Å². The second kappa shape index (κ2) is 9.43. The molecule has 2 aromatic carbocycles. The molecule has 0 bridgehead atoms. The van der Waals surface area contributed by atoms with Gasteiger partial charge >= 0.3 is 6.03 Å². The fourth-order valence-electron chi connectivity index (χ4n) is 4.88. The zero-order valence-corrected chi connectivity index (χ0v) is 20.2. The Balaban J connectivity index is 1.24. The van der Waals surface area contributed by atoms with E-state index in [1.54, 1.807) is 37.6 Å². The Bertz CT molecular complexity index is 1410. The molecule has 0 spiro atoms. The maximum atomic E-state index is 13.6. The number of carbonyl (C=O) groups excluding carboxylic acids is 2. The smallest absolute Gasteiger partial charge is 0.338 e. The molecule has 0 radical (unpaired) electrons. The van der Waals surface area contributed by atoms with Crippen LogP contribution in [0.25, 0.3) is 5.70 Å². The van der Waals surface area contributed by atoms with Crippen molar-refractivity contribution < 1.29 is 9.59 Å². The third-order valence-electron chi connectivity index (χ3n) is 6.66. The van der Waals surface area contributed by atoms with Crippen molar-refractivity contribution in [3.63, 3.8) is 0 Å². The number of rotatable bonds is 5. The Morgan fingerprint density at radius 1 is 1.05 bits per heavy atom. The maximum Gasteiger partial charge on any atom is 0.338 e. The van der Waals surface area contributed by atoms with Gasteiger partial charge in [0.05, 0.1) is 16.8 Å². The van der Waals surface area contributed by atoms with Crippen LogP contribution in [0.1, 0.15) is 27.5 Å². The Morgan fingerprint density at radius 2 is 1.81 bits per heavy atom. The largest absolute Gasteiger partial charge is 0.369 e. The molecule has 1 aromatic heterocycles. The highest BCUT2D eigenvalue weighted by Crippen LogP contribution is 2.49. The number of fused-ring (bicyclic) bond motifs is 3. The van der Waals surface area contributed by atoms with E-state index in [-0.39, 0.29) is 5.78 Å². The molecule has 3 aromatic rings. The molecule has 3 heterocycles. The molecule has 37 heavy (non-hydrogen) atoms. The lowest BCUT2D eigenvalue weighted by Crippen LogP contribution is -2.43. The van der Waals surface area contributed by atoms with Gasteiger partial charge in [0.2, 0.25) is 5.95 Å². The van der Waals surface area contributed by atoms with Crippen molar-refractivity contribution in [2.75, 3.05) is 48.5 Å². The summed E-state index contributed by atoms with van der Waals surface area (Å²) in [5.41, 5.74) is 7.33. The normalized spacial score (nSPS) is 18.0. The van der Waals surface area contributed by atoms with Gasteiger partial charge in [-0.2, -0.15) is 10.2 Å². The number of benzene rings is 2. The molecule has 11 heteroatoms. The van der Waals surface area contributed by atoms with Crippen LogP contribution < -0.4 is 26.0 Å². The number of azo groups is 1. The minimum atomic E-state index is -0.521. The Morgan fingerprint density at radius 3 is 2.57 bits per heavy atom. The maximum absolute atomic E-state index is 13.6. The Labute approximate surface area is 213 Å². The molecule has 1 atom stereocenters. The number of carbonyl (C=O) groups is 2. The van der Waals surface area contributed by atoms with Crippen LogP contribution in [0.15, 0.2) is 76.7 Å². The number of amides is 2. The molecular weight excluding hydrogens is 470 g/mol. The molecule has 186 valence electrons. The number of ketones is 1. The van der Waals surface area contributed by atoms with E-state index in [9.17, 15) is 9.59 Å². The van der Waals surface area contributed by atoms with Crippen molar-refractivity contribution in [2.24, 2.45) is 10.2 Å². The van der Waals surface area contributed by atoms with Gasteiger partial charge in [-0.15, -0.1) is 0 Å². The molecule has 11 nitrogen and oxygen atoms in total. The first-order valence-corrected chi connectivity index (χ1v) is 12.1. The van der Waals surface area contributed by atoms with Crippen molar-refractivity contribution in [3.05, 3.63) is 83.2 Å². The fourth-order valence-corrected chi connectivity index (χ4v) is 4.88. The highest BCUT2D eigenvalue weighted by Gasteiger charge is 2.42. The standard InChI is InChI=1S/C26H25N9O2/c1-34(25-28-10-3-11-29-25)33-26(37)30-19-5-2-4-18-20(19)24(36)21-22(31-32-23(18)21)16-6-8-17(9-7-16)35-14-12-27-13-15-35/h2-11,23,27H,12-15H2,1H3,(H2,30,33,37). The number of nitrogens with one attached hydrogen (secondary N) is 3. The minimum Gasteiger partial charge on any atom is -0.369 e. The molecule has 1 unspecified atom stereocenters. The van der Waals surface area contributed by atoms with Gasteiger partial charge in [-0.25, -0.2) is 20.2 Å². The molecule has 6 rings (SSSR count). The quantitative estimate of drug-likeness (QED) is 0.464. The third-order valence-corrected chi connectivity index (χ3v) is 6.66. The molecular formula is C26H25N9O2. The summed E-state index contributed by atoms with van der Waals surface area (Å²) in [6, 6.07) is 14.2. The van der Waals surface area contributed by atoms with Crippen LogP contribution >= 0.6 is 0 Å². The van der Waals surface area contributed by atoms with Crippen molar-refractivity contribution in [1.82, 2.24) is 20.7 Å². The number of nitrogens with zero attached hydrogens (tertiary/aromatic N) is 6. The average molecular weight is 496 g/mol. The van der Waals surface area contributed by atoms with Crippen LogP contribution in [0.5, 0.6) is 0 Å². The summed E-state index contributed by atoms with van der Waals surface area (Å²) in [6.45, 7) is 3.84. The average Bonchev–Trinajstić information content (AvgIpc) is 3.50. The van der Waals surface area contributed by atoms with Gasteiger partial charge in [0.1, 0.15) is 11.7 Å². The van der Waals surface area contributed by atoms with E-state index in [0.29, 0.717) is 28.5 Å². The zero-order valence-electron chi connectivity index (χ0n) is 20.2. The minimum absolute atomic E-state index is 0.179. The first-order valence-electron chi connectivity index (χ1n) is 12.1. The second-order valence-electron chi connectivity index (χ2n) is 8.94. The Hall–Kier alpha value is -4.64. The van der Waals surface area contributed by atoms with Crippen LogP contribution in [-0.4, -0.2) is 55.0 Å². The van der Waals surface area contributed by atoms with Gasteiger partial charge in [0.15, 0.2) is 5.78 Å². The number of hydrazine groups is 1. The third kappa shape index (κ3) is 4.19. The van der Waals surface area contributed by atoms with Gasteiger partial charge in [0.25, 0.3) is 0 Å². The topological polar surface area (TPSA) is 127 Å². The molecule has 1 aliphatic carbocycles.